The molecule has 2 aromatic heterocycles. The Labute approximate surface area is 179 Å². The average molecular weight is 417 g/mol. The van der Waals surface area contributed by atoms with Crippen molar-refractivity contribution in [2.24, 2.45) is 0 Å². The fourth-order valence-electron chi connectivity index (χ4n) is 3.31. The molecule has 0 saturated heterocycles. The van der Waals surface area contributed by atoms with E-state index in [1.807, 2.05) is 31.2 Å². The highest BCUT2D eigenvalue weighted by atomic mass is 16.5. The molecule has 1 atom stereocenters. The number of rotatable bonds is 7. The lowest BCUT2D eigenvalue weighted by Gasteiger charge is -2.18. The molecule has 0 radical (unpaired) electrons. The first-order valence-electron chi connectivity index (χ1n) is 10.3. The fraction of sp³-hybridized carbons (Fsp3) is 0.200. The van der Waals surface area contributed by atoms with Crippen molar-refractivity contribution in [2.45, 2.75) is 32.8 Å². The van der Waals surface area contributed by atoms with Crippen LogP contribution in [-0.4, -0.2) is 12.0 Å². The van der Waals surface area contributed by atoms with Gasteiger partial charge < -0.3 is 18.9 Å². The molecule has 0 fully saturated rings. The van der Waals surface area contributed by atoms with Crippen LogP contribution in [0.5, 0.6) is 5.75 Å². The van der Waals surface area contributed by atoms with E-state index in [0.29, 0.717) is 28.8 Å². The highest BCUT2D eigenvalue weighted by Gasteiger charge is 2.26. The van der Waals surface area contributed by atoms with E-state index in [-0.39, 0.29) is 22.8 Å². The maximum Gasteiger partial charge on any atom is 0.265 e. The Morgan fingerprint density at radius 2 is 1.81 bits per heavy atom. The topological polar surface area (TPSA) is 81.7 Å². The van der Waals surface area contributed by atoms with Gasteiger partial charge in [-0.15, -0.1) is 0 Å². The van der Waals surface area contributed by atoms with Crippen LogP contribution in [0.25, 0.3) is 22.5 Å². The zero-order valence-corrected chi connectivity index (χ0v) is 17.4. The van der Waals surface area contributed by atoms with Gasteiger partial charge >= 0.3 is 0 Å². The molecular weight excluding hydrogens is 394 g/mol. The summed E-state index contributed by atoms with van der Waals surface area (Å²) < 4.78 is 17.3. The van der Waals surface area contributed by atoms with E-state index in [0.717, 1.165) is 6.42 Å². The third-order valence-electron chi connectivity index (χ3n) is 5.05. The molecule has 1 unspecified atom stereocenters. The van der Waals surface area contributed by atoms with Gasteiger partial charge in [-0.05, 0) is 54.8 Å². The number of hydrogen-bond acceptors (Lipinski definition) is 5. The molecule has 0 aliphatic rings. The van der Waals surface area contributed by atoms with Gasteiger partial charge in [0.15, 0.2) is 11.9 Å². The molecule has 0 spiro atoms. The molecule has 4 rings (SSSR count). The second kappa shape index (κ2) is 8.92. The van der Waals surface area contributed by atoms with Crippen LogP contribution in [0, 0.1) is 0 Å². The van der Waals surface area contributed by atoms with Gasteiger partial charge in [0, 0.05) is 5.69 Å². The van der Waals surface area contributed by atoms with Crippen molar-refractivity contribution in [1.82, 2.24) is 0 Å². The summed E-state index contributed by atoms with van der Waals surface area (Å²) in [6.45, 7) is 3.89. The number of amides is 1. The number of benzene rings is 2. The van der Waals surface area contributed by atoms with Crippen LogP contribution in [-0.2, 0) is 11.2 Å². The molecule has 0 aliphatic heterocycles. The number of carbonyl (C=O) groups is 1. The Kier molecular flexibility index (Phi) is 5.89. The fourth-order valence-corrected chi connectivity index (χ4v) is 3.31. The van der Waals surface area contributed by atoms with Crippen LogP contribution in [0.3, 0.4) is 0 Å². The number of aryl methyl sites for hydroxylation is 1. The van der Waals surface area contributed by atoms with Crippen molar-refractivity contribution in [3.8, 4) is 17.3 Å². The molecule has 6 heteroatoms. The Balaban J connectivity index is 1.68. The maximum atomic E-state index is 13.2. The first kappa shape index (κ1) is 20.5. The molecule has 1 amide bonds. The minimum Gasteiger partial charge on any atom is -0.473 e. The standard InChI is InChI=1S/C25H23NO5/c1-3-16-11-13-17(14-12-16)26-25(28)19(4-2)30-24-22(27)18-8-5-6-9-20(18)31-23(24)21-10-7-15-29-21/h5-15,19H,3-4H2,1-2H3,(H,26,28). The van der Waals surface area contributed by atoms with Crippen LogP contribution >= 0.6 is 0 Å². The minimum absolute atomic E-state index is 0.0445. The molecule has 1 N–H and O–H groups in total. The minimum atomic E-state index is -0.886. The second-order valence-electron chi connectivity index (χ2n) is 7.12. The van der Waals surface area contributed by atoms with Crippen molar-refractivity contribution >= 4 is 22.6 Å². The summed E-state index contributed by atoms with van der Waals surface area (Å²) in [7, 11) is 0. The lowest BCUT2D eigenvalue weighted by atomic mass is 10.1. The largest absolute Gasteiger partial charge is 0.473 e. The van der Waals surface area contributed by atoms with E-state index in [9.17, 15) is 9.59 Å². The van der Waals surface area contributed by atoms with Crippen molar-refractivity contribution in [3.63, 3.8) is 0 Å². The summed E-state index contributed by atoms with van der Waals surface area (Å²) in [6.07, 6.45) is 1.88. The van der Waals surface area contributed by atoms with E-state index < -0.39 is 6.10 Å². The lowest BCUT2D eigenvalue weighted by molar-refractivity contribution is -0.122. The molecule has 0 saturated carbocycles. The summed E-state index contributed by atoms with van der Waals surface area (Å²) in [5.41, 5.74) is 1.91. The number of ether oxygens (including phenoxy) is 1. The molecule has 0 bridgehead atoms. The van der Waals surface area contributed by atoms with Crippen molar-refractivity contribution in [2.75, 3.05) is 5.32 Å². The van der Waals surface area contributed by atoms with E-state index in [1.165, 1.54) is 11.8 Å². The van der Waals surface area contributed by atoms with Crippen molar-refractivity contribution < 1.29 is 18.4 Å². The number of furan rings is 1. The quantitative estimate of drug-likeness (QED) is 0.435. The summed E-state index contributed by atoms with van der Waals surface area (Å²) >= 11 is 0. The number of hydrogen-bond donors (Lipinski definition) is 1. The zero-order valence-electron chi connectivity index (χ0n) is 17.4. The van der Waals surface area contributed by atoms with Gasteiger partial charge in [0.1, 0.15) is 5.58 Å². The number of anilines is 1. The SMILES string of the molecule is CCc1ccc(NC(=O)C(CC)Oc2c(-c3ccco3)oc3ccccc3c2=O)cc1. The molecular formula is C25H23NO5. The van der Waals surface area contributed by atoms with Gasteiger partial charge in [0.2, 0.25) is 16.9 Å². The average Bonchev–Trinajstić information content (AvgIpc) is 3.33. The predicted molar refractivity (Wildman–Crippen MR) is 119 cm³/mol. The van der Waals surface area contributed by atoms with Crippen molar-refractivity contribution in [1.29, 1.82) is 0 Å². The Morgan fingerprint density at radius 3 is 2.48 bits per heavy atom. The predicted octanol–water partition coefficient (Wildman–Crippen LogP) is 5.41. The smallest absolute Gasteiger partial charge is 0.265 e. The van der Waals surface area contributed by atoms with Gasteiger partial charge in [-0.3, -0.25) is 9.59 Å². The van der Waals surface area contributed by atoms with Crippen LogP contribution in [0.4, 0.5) is 5.69 Å². The highest BCUT2D eigenvalue weighted by molar-refractivity contribution is 5.94. The number of nitrogens with one attached hydrogen (secondary N) is 1. The Morgan fingerprint density at radius 1 is 1.03 bits per heavy atom. The lowest BCUT2D eigenvalue weighted by Crippen LogP contribution is -2.34. The van der Waals surface area contributed by atoms with Crippen LogP contribution in [0.1, 0.15) is 25.8 Å². The summed E-state index contributed by atoms with van der Waals surface area (Å²) in [5.74, 6) is 0.122. The van der Waals surface area contributed by atoms with Gasteiger partial charge in [-0.1, -0.05) is 38.1 Å². The molecule has 6 nitrogen and oxygen atoms in total. The third kappa shape index (κ3) is 4.23. The molecule has 158 valence electrons. The summed E-state index contributed by atoms with van der Waals surface area (Å²) in [5, 5.41) is 3.23. The number of fused-ring (bicyclic) bond motifs is 1. The maximum absolute atomic E-state index is 13.2. The molecule has 0 aliphatic carbocycles. The van der Waals surface area contributed by atoms with Crippen LogP contribution in [0.15, 0.2) is 80.6 Å². The van der Waals surface area contributed by atoms with Crippen molar-refractivity contribution in [3.05, 3.63) is 82.7 Å². The Hall–Kier alpha value is -3.80. The number of para-hydroxylation sites is 1. The highest BCUT2D eigenvalue weighted by Crippen LogP contribution is 2.32. The van der Waals surface area contributed by atoms with Gasteiger partial charge in [-0.25, -0.2) is 0 Å². The van der Waals surface area contributed by atoms with Gasteiger partial charge in [0.25, 0.3) is 5.91 Å². The first-order chi connectivity index (χ1) is 15.1. The van der Waals surface area contributed by atoms with E-state index >= 15 is 0 Å². The van der Waals surface area contributed by atoms with Gasteiger partial charge in [0.05, 0.1) is 11.6 Å². The number of carbonyl (C=O) groups excluding carboxylic acids is 1. The molecule has 4 aromatic rings. The molecule has 2 aromatic carbocycles. The van der Waals surface area contributed by atoms with Crippen LogP contribution in [0.2, 0.25) is 0 Å². The monoisotopic (exact) mass is 417 g/mol. The molecule has 2 heterocycles. The van der Waals surface area contributed by atoms with Gasteiger partial charge in [-0.2, -0.15) is 0 Å². The van der Waals surface area contributed by atoms with E-state index in [1.54, 1.807) is 36.4 Å². The molecule has 31 heavy (non-hydrogen) atoms. The van der Waals surface area contributed by atoms with E-state index in [2.05, 4.69) is 12.2 Å². The zero-order chi connectivity index (χ0) is 21.8. The first-order valence-corrected chi connectivity index (χ1v) is 10.3. The second-order valence-corrected chi connectivity index (χ2v) is 7.12. The van der Waals surface area contributed by atoms with Crippen LogP contribution < -0.4 is 15.5 Å². The van der Waals surface area contributed by atoms with E-state index in [4.69, 9.17) is 13.6 Å². The Bertz CT molecular complexity index is 1240. The summed E-state index contributed by atoms with van der Waals surface area (Å²) in [4.78, 5) is 26.1. The normalized spacial score (nSPS) is 11.9. The third-order valence-corrected chi connectivity index (χ3v) is 5.05. The summed E-state index contributed by atoms with van der Waals surface area (Å²) in [6, 6.07) is 17.9.